The molecule has 0 unspecified atom stereocenters. The number of carboxylic acid groups (broad SMARTS) is 1. The Hall–Kier alpha value is -3.29. The van der Waals surface area contributed by atoms with Crippen molar-refractivity contribution in [3.05, 3.63) is 58.7 Å². The minimum atomic E-state index is -4.65. The fourth-order valence-electron chi connectivity index (χ4n) is 3.89. The first kappa shape index (κ1) is 27.3. The number of para-hydroxylation sites is 1. The highest BCUT2D eigenvalue weighted by atomic mass is 32.2. The first-order valence-electron chi connectivity index (χ1n) is 11.2. The third kappa shape index (κ3) is 5.91. The second-order valence-corrected chi connectivity index (χ2v) is 11.2. The second kappa shape index (κ2) is 10.4. The van der Waals surface area contributed by atoms with Gasteiger partial charge in [-0.1, -0.05) is 22.7 Å². The Morgan fingerprint density at radius 1 is 1.31 bits per heavy atom. The van der Waals surface area contributed by atoms with Crippen LogP contribution >= 0.6 is 0 Å². The number of carbonyl (C=O) groups excluding carboxylic acids is 1. The Morgan fingerprint density at radius 2 is 1.94 bits per heavy atom. The number of carboxylic acids is 1. The number of benzene rings is 1. The van der Waals surface area contributed by atoms with Crippen molar-refractivity contribution in [3.8, 4) is 0 Å². The zero-order valence-corrected chi connectivity index (χ0v) is 21.0. The molecule has 1 fully saturated rings. The van der Waals surface area contributed by atoms with Gasteiger partial charge in [0.25, 0.3) is 15.7 Å². The smallest absolute Gasteiger partial charge is 0.411 e. The second-order valence-electron chi connectivity index (χ2n) is 9.44. The van der Waals surface area contributed by atoms with E-state index in [0.717, 1.165) is 17.0 Å². The summed E-state index contributed by atoms with van der Waals surface area (Å²) in [6.07, 6.45) is 3.09. The van der Waals surface area contributed by atoms with Crippen molar-refractivity contribution >= 4 is 27.8 Å². The molecular formula is C23H29N3O9S. The van der Waals surface area contributed by atoms with Crippen molar-refractivity contribution in [1.82, 2.24) is 9.37 Å². The van der Waals surface area contributed by atoms with Gasteiger partial charge < -0.3 is 9.84 Å². The summed E-state index contributed by atoms with van der Waals surface area (Å²) in [5, 5.41) is 21.4. The number of hydrogen-bond donors (Lipinski definition) is 1. The lowest BCUT2D eigenvalue weighted by Gasteiger charge is -2.41. The Balaban J connectivity index is 2.14. The Bertz CT molecular complexity index is 1190. The van der Waals surface area contributed by atoms with E-state index in [0.29, 0.717) is 22.9 Å². The molecule has 0 bridgehead atoms. The molecule has 3 rings (SSSR count). The molecule has 1 aliphatic heterocycles. The van der Waals surface area contributed by atoms with Gasteiger partial charge in [-0.15, -0.1) is 6.58 Å². The molecule has 0 saturated heterocycles. The van der Waals surface area contributed by atoms with Crippen LogP contribution in [0, 0.1) is 16.0 Å². The predicted octanol–water partition coefficient (Wildman–Crippen LogP) is 3.11. The van der Waals surface area contributed by atoms with E-state index in [1.165, 1.54) is 24.3 Å². The molecule has 1 aromatic rings. The quantitative estimate of drug-likeness (QED) is 0.292. The summed E-state index contributed by atoms with van der Waals surface area (Å²) in [5.74, 6) is -1.42. The predicted molar refractivity (Wildman–Crippen MR) is 127 cm³/mol. The van der Waals surface area contributed by atoms with Gasteiger partial charge in [0, 0.05) is 12.6 Å². The van der Waals surface area contributed by atoms with Crippen LogP contribution in [0.2, 0.25) is 0 Å². The molecule has 2 atom stereocenters. The average molecular weight is 524 g/mol. The summed E-state index contributed by atoms with van der Waals surface area (Å²) in [5.41, 5.74) is -1.12. The van der Waals surface area contributed by atoms with E-state index < -0.39 is 61.8 Å². The Kier molecular flexibility index (Phi) is 7.86. The number of rotatable bonds is 9. The number of nitro groups is 1. The highest BCUT2D eigenvalue weighted by Gasteiger charge is 2.48. The molecule has 1 aromatic carbocycles. The summed E-state index contributed by atoms with van der Waals surface area (Å²) in [4.78, 5) is 41.7. The van der Waals surface area contributed by atoms with Gasteiger partial charge in [-0.3, -0.25) is 19.9 Å². The molecule has 1 N–H and O–H groups in total. The molecule has 0 aromatic heterocycles. The van der Waals surface area contributed by atoms with Crippen LogP contribution < -0.4 is 0 Å². The van der Waals surface area contributed by atoms with E-state index in [2.05, 4.69) is 6.58 Å². The maximum Gasteiger partial charge on any atom is 0.411 e. The number of carbonyl (C=O) groups is 2. The normalized spacial score (nSPS) is 20.6. The molecule has 1 aliphatic carbocycles. The number of ether oxygens (including phenoxy) is 1. The largest absolute Gasteiger partial charge is 0.479 e. The van der Waals surface area contributed by atoms with Crippen LogP contribution in [0.3, 0.4) is 0 Å². The van der Waals surface area contributed by atoms with Gasteiger partial charge in [0.05, 0.1) is 17.6 Å². The molecule has 36 heavy (non-hydrogen) atoms. The molecule has 0 spiro atoms. The van der Waals surface area contributed by atoms with Gasteiger partial charge in [0.1, 0.15) is 5.60 Å². The van der Waals surface area contributed by atoms with Gasteiger partial charge >= 0.3 is 12.1 Å². The molecule has 0 radical (unpaired) electrons. The zero-order chi connectivity index (χ0) is 26.8. The van der Waals surface area contributed by atoms with E-state index in [1.807, 2.05) is 0 Å². The minimum absolute atomic E-state index is 0.117. The van der Waals surface area contributed by atoms with Crippen LogP contribution in [-0.4, -0.2) is 70.7 Å². The first-order chi connectivity index (χ1) is 16.8. The minimum Gasteiger partial charge on any atom is -0.479 e. The third-order valence-electron chi connectivity index (χ3n) is 5.52. The molecule has 196 valence electrons. The monoisotopic (exact) mass is 523 g/mol. The van der Waals surface area contributed by atoms with E-state index >= 15 is 0 Å². The molecule has 1 heterocycles. The number of hydroxylamine groups is 1. The van der Waals surface area contributed by atoms with Gasteiger partial charge in [0.15, 0.2) is 10.9 Å². The fourth-order valence-corrected chi connectivity index (χ4v) is 5.47. The molecule has 1 saturated carbocycles. The molecule has 1 amide bonds. The van der Waals surface area contributed by atoms with Crippen LogP contribution in [0.25, 0.3) is 0 Å². The van der Waals surface area contributed by atoms with E-state index in [4.69, 9.17) is 9.57 Å². The van der Waals surface area contributed by atoms with Crippen molar-refractivity contribution in [2.45, 2.75) is 56.2 Å². The highest BCUT2D eigenvalue weighted by molar-refractivity contribution is 7.89. The third-order valence-corrected chi connectivity index (χ3v) is 7.26. The number of amides is 1. The van der Waals surface area contributed by atoms with Crippen LogP contribution in [-0.2, 0) is 24.4 Å². The number of nitro benzene ring substituents is 1. The molecule has 12 nitrogen and oxygen atoms in total. The molecular weight excluding hydrogens is 494 g/mol. The van der Waals surface area contributed by atoms with E-state index in [1.54, 1.807) is 20.8 Å². The van der Waals surface area contributed by atoms with E-state index in [9.17, 15) is 33.2 Å². The highest BCUT2D eigenvalue weighted by Crippen LogP contribution is 2.43. The van der Waals surface area contributed by atoms with Gasteiger partial charge in [-0.25, -0.2) is 18.0 Å². The maximum absolute atomic E-state index is 13.8. The average Bonchev–Trinajstić information content (AvgIpc) is 3.63. The van der Waals surface area contributed by atoms with Crippen molar-refractivity contribution in [1.29, 1.82) is 0 Å². The van der Waals surface area contributed by atoms with Crippen molar-refractivity contribution in [2.24, 2.45) is 5.92 Å². The lowest BCUT2D eigenvalue weighted by atomic mass is 9.94. The topological polar surface area (TPSA) is 157 Å². The lowest BCUT2D eigenvalue weighted by molar-refractivity contribution is -0.388. The number of nitrogens with zero attached hydrogens (tertiary/aromatic N) is 3. The number of sulfonamides is 1. The maximum atomic E-state index is 13.8. The summed E-state index contributed by atoms with van der Waals surface area (Å²) in [6, 6.07) is 2.30. The van der Waals surface area contributed by atoms with Gasteiger partial charge in [0.2, 0.25) is 0 Å². The van der Waals surface area contributed by atoms with Crippen LogP contribution in [0.1, 0.15) is 33.6 Å². The Labute approximate surface area is 208 Å². The summed E-state index contributed by atoms with van der Waals surface area (Å²) in [7, 11) is -4.65. The van der Waals surface area contributed by atoms with Gasteiger partial charge in [-0.05, 0) is 57.2 Å². The van der Waals surface area contributed by atoms with Crippen LogP contribution in [0.4, 0.5) is 10.5 Å². The van der Waals surface area contributed by atoms with Crippen LogP contribution in [0.5, 0.6) is 0 Å². The SMILES string of the molecule is C=CCON([C@H]1CN(C(=O)OC(C)(C)C)[C@H](C(=O)O)C=C1C1CC1)S(=O)(=O)c1ccccc1[N+](=O)[O-]. The fraction of sp³-hybridized carbons (Fsp3) is 0.478. The summed E-state index contributed by atoms with van der Waals surface area (Å²) < 4.78 is 33.5. The zero-order valence-electron chi connectivity index (χ0n) is 20.2. The van der Waals surface area contributed by atoms with Gasteiger partial charge in [-0.2, -0.15) is 0 Å². The Morgan fingerprint density at radius 3 is 2.47 bits per heavy atom. The molecule has 2 aliphatic rings. The molecule has 13 heteroatoms. The van der Waals surface area contributed by atoms with Crippen LogP contribution in [0.15, 0.2) is 53.5 Å². The number of hydrogen-bond acceptors (Lipinski definition) is 8. The summed E-state index contributed by atoms with van der Waals surface area (Å²) >= 11 is 0. The van der Waals surface area contributed by atoms with Crippen molar-refractivity contribution in [2.75, 3.05) is 13.2 Å². The van der Waals surface area contributed by atoms with Crippen molar-refractivity contribution < 1.29 is 37.6 Å². The number of aliphatic carboxylic acids is 1. The standard InChI is InChI=1S/C23H29N3O9S/c1-5-12-34-26(36(32,33)20-9-7-6-8-17(20)25(30)31)19-14-24(22(29)35-23(2,3)4)18(21(27)28)13-16(19)15-10-11-15/h5-9,13,15,18-19H,1,10-12,14H2,2-4H3,(H,27,28)/t18-,19-/m0/s1. The lowest BCUT2D eigenvalue weighted by Crippen LogP contribution is -2.57. The van der Waals surface area contributed by atoms with Crippen molar-refractivity contribution in [3.63, 3.8) is 0 Å². The summed E-state index contributed by atoms with van der Waals surface area (Å²) in [6.45, 7) is 7.72. The van der Waals surface area contributed by atoms with E-state index in [-0.39, 0.29) is 12.5 Å². The first-order valence-corrected chi connectivity index (χ1v) is 12.7.